The van der Waals surface area contributed by atoms with Crippen molar-refractivity contribution in [3.05, 3.63) is 0 Å². The molecular weight excluding hydrogens is 220 g/mol. The Balaban J connectivity index is 2.63. The molecule has 17 heavy (non-hydrogen) atoms. The molecule has 0 bridgehead atoms. The number of urea groups is 1. The van der Waals surface area contributed by atoms with Crippen LogP contribution in [-0.2, 0) is 4.79 Å². The molecule has 0 radical (unpaired) electrons. The minimum Gasteiger partial charge on any atom is -0.481 e. The summed E-state index contributed by atoms with van der Waals surface area (Å²) >= 11 is 0. The Kier molecular flexibility index (Phi) is 4.38. The van der Waals surface area contributed by atoms with Crippen LogP contribution in [0.2, 0.25) is 0 Å². The topological polar surface area (TPSA) is 69.6 Å². The number of hydrogen-bond donors (Lipinski definition) is 2. The summed E-state index contributed by atoms with van der Waals surface area (Å²) in [6, 6.07) is -0.276. The summed E-state index contributed by atoms with van der Waals surface area (Å²) in [5.74, 6) is 1.50. The molecule has 0 spiro atoms. The summed E-state index contributed by atoms with van der Waals surface area (Å²) in [4.78, 5) is 24.5. The molecule has 5 nitrogen and oxygen atoms in total. The van der Waals surface area contributed by atoms with Crippen LogP contribution in [0.3, 0.4) is 0 Å². The number of amides is 2. The quantitative estimate of drug-likeness (QED) is 0.715. The highest BCUT2D eigenvalue weighted by Gasteiger charge is 2.45. The predicted octanol–water partition coefficient (Wildman–Crippen LogP) is 0.906. The minimum absolute atomic E-state index is 0.170. The molecule has 1 atom stereocenters. The van der Waals surface area contributed by atoms with Gasteiger partial charge < -0.3 is 15.3 Å². The number of nitrogens with one attached hydrogen (secondary N) is 1. The Morgan fingerprint density at radius 2 is 2.29 bits per heavy atom. The van der Waals surface area contributed by atoms with Crippen molar-refractivity contribution in [2.75, 3.05) is 19.6 Å². The van der Waals surface area contributed by atoms with Crippen LogP contribution in [0.1, 0.15) is 26.2 Å². The first kappa shape index (κ1) is 13.4. The SMILES string of the molecule is C#CCNC(=O)N1CCC(CCC)(C(=O)O)C1. The Hall–Kier alpha value is -1.70. The molecule has 2 N–H and O–H groups in total. The van der Waals surface area contributed by atoms with E-state index >= 15 is 0 Å². The highest BCUT2D eigenvalue weighted by Crippen LogP contribution is 2.35. The van der Waals surface area contributed by atoms with Gasteiger partial charge in [0.15, 0.2) is 0 Å². The number of terminal acetylenes is 1. The van der Waals surface area contributed by atoms with Crippen molar-refractivity contribution < 1.29 is 14.7 Å². The van der Waals surface area contributed by atoms with E-state index in [1.165, 1.54) is 4.90 Å². The maximum Gasteiger partial charge on any atom is 0.318 e. The zero-order chi connectivity index (χ0) is 12.9. The monoisotopic (exact) mass is 238 g/mol. The third kappa shape index (κ3) is 2.90. The van der Waals surface area contributed by atoms with Crippen molar-refractivity contribution in [1.29, 1.82) is 0 Å². The minimum atomic E-state index is -0.813. The van der Waals surface area contributed by atoms with Gasteiger partial charge in [-0.1, -0.05) is 19.3 Å². The molecule has 2 amide bonds. The van der Waals surface area contributed by atoms with Crippen molar-refractivity contribution >= 4 is 12.0 Å². The largest absolute Gasteiger partial charge is 0.481 e. The number of rotatable bonds is 4. The van der Waals surface area contributed by atoms with Gasteiger partial charge in [-0.05, 0) is 12.8 Å². The predicted molar refractivity (Wildman–Crippen MR) is 63.4 cm³/mol. The molecule has 1 rings (SSSR count). The molecular formula is C12H18N2O3. The van der Waals surface area contributed by atoms with Gasteiger partial charge in [0.2, 0.25) is 0 Å². The van der Waals surface area contributed by atoms with E-state index < -0.39 is 11.4 Å². The van der Waals surface area contributed by atoms with Gasteiger partial charge in [-0.15, -0.1) is 6.42 Å². The maximum atomic E-state index is 11.6. The Morgan fingerprint density at radius 1 is 1.59 bits per heavy atom. The Morgan fingerprint density at radius 3 is 2.82 bits per heavy atom. The van der Waals surface area contributed by atoms with Gasteiger partial charge in [0, 0.05) is 13.1 Å². The average molecular weight is 238 g/mol. The normalized spacial score (nSPS) is 23.2. The van der Waals surface area contributed by atoms with Crippen molar-refractivity contribution in [2.45, 2.75) is 26.2 Å². The number of nitrogens with zero attached hydrogens (tertiary/aromatic N) is 1. The fourth-order valence-corrected chi connectivity index (χ4v) is 2.25. The van der Waals surface area contributed by atoms with Crippen LogP contribution in [0.4, 0.5) is 4.79 Å². The van der Waals surface area contributed by atoms with E-state index in [0.29, 0.717) is 19.4 Å². The second kappa shape index (κ2) is 5.58. The summed E-state index contributed by atoms with van der Waals surface area (Å²) in [5, 5.41) is 11.8. The number of carbonyl (C=O) groups excluding carboxylic acids is 1. The van der Waals surface area contributed by atoms with E-state index in [2.05, 4.69) is 11.2 Å². The molecule has 0 aromatic carbocycles. The standard InChI is InChI=1S/C12H18N2O3/c1-3-5-12(10(15)16)6-8-14(9-12)11(17)13-7-4-2/h2H,3,5-9H2,1H3,(H,13,17)(H,15,16). The van der Waals surface area contributed by atoms with Gasteiger partial charge in [0.25, 0.3) is 0 Å². The fraction of sp³-hybridized carbons (Fsp3) is 0.667. The van der Waals surface area contributed by atoms with E-state index in [1.807, 2.05) is 6.92 Å². The number of aliphatic carboxylic acids is 1. The zero-order valence-corrected chi connectivity index (χ0v) is 10.0. The van der Waals surface area contributed by atoms with Crippen molar-refractivity contribution in [2.24, 2.45) is 5.41 Å². The van der Waals surface area contributed by atoms with E-state index in [1.54, 1.807) is 0 Å². The fourth-order valence-electron chi connectivity index (χ4n) is 2.25. The average Bonchev–Trinajstić information content (AvgIpc) is 2.72. The highest BCUT2D eigenvalue weighted by molar-refractivity contribution is 5.79. The maximum absolute atomic E-state index is 11.6. The van der Waals surface area contributed by atoms with Crippen LogP contribution >= 0.6 is 0 Å². The number of carbonyl (C=O) groups is 2. The number of carboxylic acids is 1. The molecule has 5 heteroatoms. The molecule has 1 fully saturated rings. The van der Waals surface area contributed by atoms with Crippen LogP contribution in [-0.4, -0.2) is 41.6 Å². The van der Waals surface area contributed by atoms with Crippen LogP contribution < -0.4 is 5.32 Å². The van der Waals surface area contributed by atoms with Crippen LogP contribution in [0.5, 0.6) is 0 Å². The van der Waals surface area contributed by atoms with Crippen LogP contribution in [0.25, 0.3) is 0 Å². The second-order valence-corrected chi connectivity index (χ2v) is 4.37. The molecule has 94 valence electrons. The van der Waals surface area contributed by atoms with Gasteiger partial charge in [-0.3, -0.25) is 4.79 Å². The van der Waals surface area contributed by atoms with Gasteiger partial charge >= 0.3 is 12.0 Å². The van der Waals surface area contributed by atoms with Gasteiger partial charge in [0.05, 0.1) is 12.0 Å². The lowest BCUT2D eigenvalue weighted by molar-refractivity contribution is -0.148. The van der Waals surface area contributed by atoms with Crippen molar-refractivity contribution in [3.63, 3.8) is 0 Å². The first-order chi connectivity index (χ1) is 8.05. The number of carboxylic acid groups (broad SMARTS) is 1. The lowest BCUT2D eigenvalue weighted by Gasteiger charge is -2.24. The summed E-state index contributed by atoms with van der Waals surface area (Å²) in [5.41, 5.74) is -0.776. The second-order valence-electron chi connectivity index (χ2n) is 4.37. The van der Waals surface area contributed by atoms with E-state index in [-0.39, 0.29) is 19.1 Å². The molecule has 0 saturated carbocycles. The first-order valence-electron chi connectivity index (χ1n) is 5.75. The van der Waals surface area contributed by atoms with E-state index in [9.17, 15) is 14.7 Å². The van der Waals surface area contributed by atoms with Gasteiger partial charge in [0.1, 0.15) is 0 Å². The van der Waals surface area contributed by atoms with E-state index in [0.717, 1.165) is 6.42 Å². The molecule has 0 aliphatic carbocycles. The van der Waals surface area contributed by atoms with Gasteiger partial charge in [-0.2, -0.15) is 0 Å². The smallest absolute Gasteiger partial charge is 0.318 e. The summed E-state index contributed by atoms with van der Waals surface area (Å²) < 4.78 is 0. The zero-order valence-electron chi connectivity index (χ0n) is 10.0. The third-order valence-electron chi connectivity index (χ3n) is 3.16. The van der Waals surface area contributed by atoms with Gasteiger partial charge in [-0.25, -0.2) is 4.79 Å². The van der Waals surface area contributed by atoms with Crippen molar-refractivity contribution in [1.82, 2.24) is 10.2 Å². The summed E-state index contributed by atoms with van der Waals surface area (Å²) in [6.45, 7) is 2.87. The highest BCUT2D eigenvalue weighted by atomic mass is 16.4. The molecule has 1 heterocycles. The summed E-state index contributed by atoms with van der Waals surface area (Å²) in [6.07, 6.45) is 6.96. The lowest BCUT2D eigenvalue weighted by Crippen LogP contribution is -2.41. The van der Waals surface area contributed by atoms with Crippen molar-refractivity contribution in [3.8, 4) is 12.3 Å². The van der Waals surface area contributed by atoms with Crippen LogP contribution in [0.15, 0.2) is 0 Å². The summed E-state index contributed by atoms with van der Waals surface area (Å²) in [7, 11) is 0. The molecule has 0 aromatic rings. The first-order valence-corrected chi connectivity index (χ1v) is 5.75. The molecule has 1 aliphatic rings. The molecule has 1 aliphatic heterocycles. The number of hydrogen-bond acceptors (Lipinski definition) is 2. The Labute approximate surface area is 101 Å². The lowest BCUT2D eigenvalue weighted by atomic mass is 9.83. The molecule has 1 saturated heterocycles. The number of likely N-dealkylation sites (tertiary alicyclic amines) is 1. The third-order valence-corrected chi connectivity index (χ3v) is 3.16. The van der Waals surface area contributed by atoms with E-state index in [4.69, 9.17) is 6.42 Å². The molecule has 0 aromatic heterocycles. The molecule has 1 unspecified atom stereocenters. The Bertz CT molecular complexity index is 348. The van der Waals surface area contributed by atoms with Crippen LogP contribution in [0, 0.1) is 17.8 Å².